The lowest BCUT2D eigenvalue weighted by atomic mass is 10.3. The molecule has 0 saturated carbocycles. The summed E-state index contributed by atoms with van der Waals surface area (Å²) in [5.74, 6) is 0.416. The van der Waals surface area contributed by atoms with E-state index in [0.29, 0.717) is 25.4 Å². The van der Waals surface area contributed by atoms with Crippen molar-refractivity contribution in [3.8, 4) is 5.75 Å². The molecule has 0 fully saturated rings. The van der Waals surface area contributed by atoms with E-state index in [9.17, 15) is 4.79 Å². The van der Waals surface area contributed by atoms with Crippen LogP contribution in [0, 0.1) is 0 Å². The quantitative estimate of drug-likeness (QED) is 0.712. The first-order chi connectivity index (χ1) is 7.29. The highest BCUT2D eigenvalue weighted by Gasteiger charge is 2.02. The van der Waals surface area contributed by atoms with Crippen LogP contribution in [0.2, 0.25) is 0 Å². The zero-order valence-electron chi connectivity index (χ0n) is 9.11. The van der Waals surface area contributed by atoms with E-state index < -0.39 is 0 Å². The standard InChI is InChI=1S/C11H18N2O2/c1-2-3-9-15-10-5-4-7-13(8-6-12)11(10)14/h4-5,7H,2-3,6,8-9,12H2,1H3. The normalized spacial score (nSPS) is 10.3. The summed E-state index contributed by atoms with van der Waals surface area (Å²) < 4.78 is 6.96. The van der Waals surface area contributed by atoms with Gasteiger partial charge in [0.15, 0.2) is 5.75 Å². The molecule has 2 N–H and O–H groups in total. The summed E-state index contributed by atoms with van der Waals surface area (Å²) in [6, 6.07) is 3.50. The summed E-state index contributed by atoms with van der Waals surface area (Å²) >= 11 is 0. The van der Waals surface area contributed by atoms with Crippen LogP contribution in [0.5, 0.6) is 5.75 Å². The second-order valence-corrected chi connectivity index (χ2v) is 3.36. The number of nitrogens with zero attached hydrogens (tertiary/aromatic N) is 1. The molecule has 0 radical (unpaired) electrons. The predicted octanol–water partition coefficient (Wildman–Crippen LogP) is 0.986. The number of hydrogen-bond donors (Lipinski definition) is 1. The highest BCUT2D eigenvalue weighted by Crippen LogP contribution is 2.02. The molecule has 0 unspecified atom stereocenters. The largest absolute Gasteiger partial charge is 0.488 e. The van der Waals surface area contributed by atoms with Crippen LogP contribution in [0.15, 0.2) is 23.1 Å². The number of pyridine rings is 1. The summed E-state index contributed by atoms with van der Waals surface area (Å²) in [6.45, 7) is 3.67. The Hall–Kier alpha value is -1.29. The molecule has 0 aliphatic rings. The molecule has 1 aromatic heterocycles. The van der Waals surface area contributed by atoms with Crippen molar-refractivity contribution in [2.75, 3.05) is 13.2 Å². The summed E-state index contributed by atoms with van der Waals surface area (Å²) in [4.78, 5) is 11.7. The van der Waals surface area contributed by atoms with Gasteiger partial charge in [-0.1, -0.05) is 13.3 Å². The van der Waals surface area contributed by atoms with E-state index >= 15 is 0 Å². The third-order valence-electron chi connectivity index (χ3n) is 2.11. The lowest BCUT2D eigenvalue weighted by molar-refractivity contribution is 0.302. The number of rotatable bonds is 6. The summed E-state index contributed by atoms with van der Waals surface area (Å²) in [5.41, 5.74) is 5.30. The molecule has 0 saturated heterocycles. The van der Waals surface area contributed by atoms with E-state index in [4.69, 9.17) is 10.5 Å². The Morgan fingerprint density at radius 3 is 3.00 bits per heavy atom. The molecule has 1 rings (SSSR count). The molecule has 1 heterocycles. The molecule has 84 valence electrons. The Bertz CT molecular complexity index is 347. The highest BCUT2D eigenvalue weighted by atomic mass is 16.5. The number of hydrogen-bond acceptors (Lipinski definition) is 3. The Kier molecular flexibility index (Phi) is 4.90. The van der Waals surface area contributed by atoms with Gasteiger partial charge in [0.1, 0.15) is 0 Å². The molecule has 0 aliphatic carbocycles. The smallest absolute Gasteiger partial charge is 0.292 e. The molecule has 15 heavy (non-hydrogen) atoms. The van der Waals surface area contributed by atoms with Gasteiger partial charge in [0.2, 0.25) is 0 Å². The van der Waals surface area contributed by atoms with Crippen molar-refractivity contribution < 1.29 is 4.74 Å². The molecule has 0 aliphatic heterocycles. The second-order valence-electron chi connectivity index (χ2n) is 3.36. The lowest BCUT2D eigenvalue weighted by Crippen LogP contribution is -2.24. The minimum absolute atomic E-state index is 0.0981. The molecule has 0 bridgehead atoms. The molecule has 0 spiro atoms. The lowest BCUT2D eigenvalue weighted by Gasteiger charge is -2.07. The van der Waals surface area contributed by atoms with Crippen LogP contribution in [0.4, 0.5) is 0 Å². The summed E-state index contributed by atoms with van der Waals surface area (Å²) in [6.07, 6.45) is 3.75. The van der Waals surface area contributed by atoms with Gasteiger partial charge in [0.25, 0.3) is 5.56 Å². The fraction of sp³-hybridized carbons (Fsp3) is 0.545. The van der Waals surface area contributed by atoms with Crippen molar-refractivity contribution in [1.82, 2.24) is 4.57 Å². The topological polar surface area (TPSA) is 57.2 Å². The van der Waals surface area contributed by atoms with Crippen LogP contribution in [-0.4, -0.2) is 17.7 Å². The highest BCUT2D eigenvalue weighted by molar-refractivity contribution is 5.17. The molecular formula is C11H18N2O2. The van der Waals surface area contributed by atoms with Crippen molar-refractivity contribution in [2.45, 2.75) is 26.3 Å². The molecule has 1 aromatic rings. The Labute approximate surface area is 89.7 Å². The van der Waals surface area contributed by atoms with E-state index in [1.165, 1.54) is 0 Å². The van der Waals surface area contributed by atoms with Gasteiger partial charge < -0.3 is 15.0 Å². The van der Waals surface area contributed by atoms with Crippen molar-refractivity contribution in [3.05, 3.63) is 28.7 Å². The van der Waals surface area contributed by atoms with Gasteiger partial charge in [0, 0.05) is 19.3 Å². The fourth-order valence-corrected chi connectivity index (χ4v) is 1.27. The molecule has 0 aromatic carbocycles. The Balaban J connectivity index is 2.71. The van der Waals surface area contributed by atoms with Crippen LogP contribution in [0.25, 0.3) is 0 Å². The maximum Gasteiger partial charge on any atom is 0.292 e. The number of unbranched alkanes of at least 4 members (excludes halogenated alkanes) is 1. The van der Waals surface area contributed by atoms with Crippen LogP contribution in [-0.2, 0) is 6.54 Å². The summed E-state index contributed by atoms with van der Waals surface area (Å²) in [7, 11) is 0. The fourth-order valence-electron chi connectivity index (χ4n) is 1.27. The van der Waals surface area contributed by atoms with Crippen molar-refractivity contribution in [1.29, 1.82) is 0 Å². The molecule has 0 amide bonds. The van der Waals surface area contributed by atoms with Gasteiger partial charge in [-0.05, 0) is 18.6 Å². The second kappa shape index (κ2) is 6.24. The van der Waals surface area contributed by atoms with E-state index in [2.05, 4.69) is 6.92 Å². The first-order valence-electron chi connectivity index (χ1n) is 5.32. The predicted molar refractivity (Wildman–Crippen MR) is 60.2 cm³/mol. The minimum atomic E-state index is -0.0981. The first kappa shape index (κ1) is 11.8. The average molecular weight is 210 g/mol. The van der Waals surface area contributed by atoms with Crippen LogP contribution < -0.4 is 16.0 Å². The zero-order chi connectivity index (χ0) is 11.1. The molecular weight excluding hydrogens is 192 g/mol. The minimum Gasteiger partial charge on any atom is -0.488 e. The van der Waals surface area contributed by atoms with E-state index in [1.807, 2.05) is 0 Å². The maximum atomic E-state index is 11.7. The number of aromatic nitrogens is 1. The van der Waals surface area contributed by atoms with Crippen LogP contribution >= 0.6 is 0 Å². The van der Waals surface area contributed by atoms with E-state index in [-0.39, 0.29) is 5.56 Å². The van der Waals surface area contributed by atoms with E-state index in [1.54, 1.807) is 22.9 Å². The maximum absolute atomic E-state index is 11.7. The van der Waals surface area contributed by atoms with Crippen molar-refractivity contribution in [2.24, 2.45) is 5.73 Å². The molecule has 4 nitrogen and oxygen atoms in total. The monoisotopic (exact) mass is 210 g/mol. The zero-order valence-corrected chi connectivity index (χ0v) is 9.11. The van der Waals surface area contributed by atoms with Gasteiger partial charge in [-0.25, -0.2) is 0 Å². The number of nitrogens with two attached hydrogens (primary N) is 1. The third-order valence-corrected chi connectivity index (χ3v) is 2.11. The van der Waals surface area contributed by atoms with Gasteiger partial charge in [-0.15, -0.1) is 0 Å². The van der Waals surface area contributed by atoms with Crippen molar-refractivity contribution in [3.63, 3.8) is 0 Å². The van der Waals surface area contributed by atoms with Gasteiger partial charge >= 0.3 is 0 Å². The van der Waals surface area contributed by atoms with Gasteiger partial charge in [-0.2, -0.15) is 0 Å². The first-order valence-corrected chi connectivity index (χ1v) is 5.32. The number of ether oxygens (including phenoxy) is 1. The van der Waals surface area contributed by atoms with Crippen LogP contribution in [0.3, 0.4) is 0 Å². The third kappa shape index (κ3) is 3.40. The molecule has 4 heteroatoms. The SMILES string of the molecule is CCCCOc1cccn(CCN)c1=O. The average Bonchev–Trinajstić information content (AvgIpc) is 2.24. The van der Waals surface area contributed by atoms with Gasteiger partial charge in [0.05, 0.1) is 6.61 Å². The van der Waals surface area contributed by atoms with Gasteiger partial charge in [-0.3, -0.25) is 4.79 Å². The van der Waals surface area contributed by atoms with Crippen LogP contribution in [0.1, 0.15) is 19.8 Å². The van der Waals surface area contributed by atoms with Crippen molar-refractivity contribution >= 4 is 0 Å². The Morgan fingerprint density at radius 1 is 1.53 bits per heavy atom. The summed E-state index contributed by atoms with van der Waals surface area (Å²) in [5, 5.41) is 0. The molecule has 0 atom stereocenters. The Morgan fingerprint density at radius 2 is 2.33 bits per heavy atom. The van der Waals surface area contributed by atoms with E-state index in [0.717, 1.165) is 12.8 Å².